The normalized spacial score (nSPS) is 19.8. The molecule has 0 saturated carbocycles. The van der Waals surface area contributed by atoms with Crippen LogP contribution in [-0.2, 0) is 4.79 Å². The van der Waals surface area contributed by atoms with Crippen molar-refractivity contribution in [3.63, 3.8) is 0 Å². The predicted octanol–water partition coefficient (Wildman–Crippen LogP) is 2.74. The molecule has 1 saturated heterocycles. The fourth-order valence-corrected chi connectivity index (χ4v) is 2.88. The third-order valence-electron chi connectivity index (χ3n) is 3.94. The van der Waals surface area contributed by atoms with Crippen LogP contribution in [0.4, 0.5) is 0 Å². The summed E-state index contributed by atoms with van der Waals surface area (Å²) in [5, 5.41) is 8.70. The molecule has 2 rings (SSSR count). The number of benzene rings is 1. The van der Waals surface area contributed by atoms with Crippen LogP contribution in [0.15, 0.2) is 24.3 Å². The molecule has 0 amide bonds. The van der Waals surface area contributed by atoms with Gasteiger partial charge in [-0.05, 0) is 56.0 Å². The number of nitrogens with zero attached hydrogens (tertiary/aromatic N) is 1. The maximum Gasteiger partial charge on any atom is 0.303 e. The molecule has 0 spiro atoms. The Labute approximate surface area is 120 Å². The number of piperidine rings is 1. The Hall–Kier alpha value is -1.55. The van der Waals surface area contributed by atoms with Crippen molar-refractivity contribution in [1.29, 1.82) is 0 Å². The molecule has 1 atom stereocenters. The Morgan fingerprint density at radius 2 is 2.35 bits per heavy atom. The van der Waals surface area contributed by atoms with E-state index in [0.29, 0.717) is 5.92 Å². The number of carboxylic acids is 1. The lowest BCUT2D eigenvalue weighted by Gasteiger charge is -2.33. The molecular weight excluding hydrogens is 254 g/mol. The number of hydrogen-bond acceptors (Lipinski definition) is 3. The van der Waals surface area contributed by atoms with Crippen molar-refractivity contribution in [1.82, 2.24) is 4.90 Å². The van der Waals surface area contributed by atoms with Crippen LogP contribution in [0.1, 0.15) is 37.2 Å². The Morgan fingerprint density at radius 1 is 1.50 bits per heavy atom. The Bertz CT molecular complexity index is 447. The lowest BCUT2D eigenvalue weighted by atomic mass is 9.90. The zero-order valence-corrected chi connectivity index (χ0v) is 12.0. The number of hydrogen-bond donors (Lipinski definition) is 1. The van der Waals surface area contributed by atoms with Crippen LogP contribution in [0.5, 0.6) is 5.75 Å². The van der Waals surface area contributed by atoms with Crippen molar-refractivity contribution >= 4 is 5.97 Å². The number of carboxylic acid groups (broad SMARTS) is 1. The molecule has 1 heterocycles. The van der Waals surface area contributed by atoms with Crippen LogP contribution in [0, 0.1) is 0 Å². The molecular formula is C16H23NO3. The monoisotopic (exact) mass is 277 g/mol. The summed E-state index contributed by atoms with van der Waals surface area (Å²) in [5.41, 5.74) is 1.33. The molecule has 0 aromatic heterocycles. The molecule has 1 aromatic rings. The van der Waals surface area contributed by atoms with Crippen molar-refractivity contribution in [2.24, 2.45) is 0 Å². The van der Waals surface area contributed by atoms with Gasteiger partial charge in [0, 0.05) is 13.0 Å². The summed E-state index contributed by atoms with van der Waals surface area (Å²) in [4.78, 5) is 13.0. The third kappa shape index (κ3) is 4.23. The molecule has 0 bridgehead atoms. The summed E-state index contributed by atoms with van der Waals surface area (Å²) in [5.74, 6) is 0.737. The maximum absolute atomic E-state index is 10.6. The highest BCUT2D eigenvalue weighted by atomic mass is 16.5. The first kappa shape index (κ1) is 14.9. The number of aliphatic carboxylic acids is 1. The molecule has 1 aliphatic heterocycles. The van der Waals surface area contributed by atoms with Crippen LogP contribution in [0.3, 0.4) is 0 Å². The molecule has 1 aromatic carbocycles. The Kier molecular flexibility index (Phi) is 5.41. The number of rotatable bonds is 6. The minimum atomic E-state index is -0.702. The Balaban J connectivity index is 1.90. The highest BCUT2D eigenvalue weighted by Gasteiger charge is 2.21. The summed E-state index contributed by atoms with van der Waals surface area (Å²) in [6.45, 7) is 2.99. The van der Waals surface area contributed by atoms with Crippen LogP contribution in [0.2, 0.25) is 0 Å². The zero-order valence-electron chi connectivity index (χ0n) is 12.0. The molecule has 0 radical (unpaired) electrons. The van der Waals surface area contributed by atoms with Gasteiger partial charge in [0.25, 0.3) is 0 Å². The average molecular weight is 277 g/mol. The van der Waals surface area contributed by atoms with E-state index >= 15 is 0 Å². The van der Waals surface area contributed by atoms with Crippen LogP contribution in [-0.4, -0.2) is 42.7 Å². The second kappa shape index (κ2) is 7.29. The van der Waals surface area contributed by atoms with Gasteiger partial charge in [-0.1, -0.05) is 12.1 Å². The highest BCUT2D eigenvalue weighted by Crippen LogP contribution is 2.29. The van der Waals surface area contributed by atoms with Gasteiger partial charge in [-0.15, -0.1) is 0 Å². The van der Waals surface area contributed by atoms with E-state index in [1.54, 1.807) is 7.11 Å². The van der Waals surface area contributed by atoms with Gasteiger partial charge >= 0.3 is 5.97 Å². The molecule has 4 nitrogen and oxygen atoms in total. The molecule has 0 aliphatic carbocycles. The van der Waals surface area contributed by atoms with Gasteiger partial charge in [0.2, 0.25) is 0 Å². The van der Waals surface area contributed by atoms with Gasteiger partial charge in [-0.3, -0.25) is 4.79 Å². The predicted molar refractivity (Wildman–Crippen MR) is 78.3 cm³/mol. The molecule has 110 valence electrons. The van der Waals surface area contributed by atoms with E-state index in [1.165, 1.54) is 18.4 Å². The summed E-state index contributed by atoms with van der Waals surface area (Å²) >= 11 is 0. The van der Waals surface area contributed by atoms with E-state index < -0.39 is 5.97 Å². The SMILES string of the molecule is COc1cccc(C2CCCN(CCCC(=O)O)C2)c1. The summed E-state index contributed by atoms with van der Waals surface area (Å²) in [6.07, 6.45) is 3.37. The summed E-state index contributed by atoms with van der Waals surface area (Å²) < 4.78 is 5.28. The van der Waals surface area contributed by atoms with E-state index in [1.807, 2.05) is 12.1 Å². The van der Waals surface area contributed by atoms with Crippen molar-refractivity contribution in [2.75, 3.05) is 26.7 Å². The van der Waals surface area contributed by atoms with E-state index in [2.05, 4.69) is 17.0 Å². The smallest absolute Gasteiger partial charge is 0.303 e. The number of ether oxygens (including phenoxy) is 1. The van der Waals surface area contributed by atoms with Gasteiger partial charge in [0.15, 0.2) is 0 Å². The largest absolute Gasteiger partial charge is 0.497 e. The van der Waals surface area contributed by atoms with E-state index in [4.69, 9.17) is 9.84 Å². The lowest BCUT2D eigenvalue weighted by Crippen LogP contribution is -2.35. The number of likely N-dealkylation sites (tertiary alicyclic amines) is 1. The molecule has 1 fully saturated rings. The second-order valence-electron chi connectivity index (χ2n) is 5.41. The van der Waals surface area contributed by atoms with Crippen LogP contribution >= 0.6 is 0 Å². The van der Waals surface area contributed by atoms with Gasteiger partial charge in [-0.25, -0.2) is 0 Å². The first-order valence-corrected chi connectivity index (χ1v) is 7.27. The fraction of sp³-hybridized carbons (Fsp3) is 0.562. The van der Waals surface area contributed by atoms with Crippen molar-refractivity contribution in [3.05, 3.63) is 29.8 Å². The van der Waals surface area contributed by atoms with Crippen molar-refractivity contribution in [3.8, 4) is 5.75 Å². The summed E-state index contributed by atoms with van der Waals surface area (Å²) in [7, 11) is 1.69. The molecule has 1 unspecified atom stereocenters. The number of carbonyl (C=O) groups is 1. The average Bonchev–Trinajstić information content (AvgIpc) is 2.47. The first-order valence-electron chi connectivity index (χ1n) is 7.27. The van der Waals surface area contributed by atoms with Gasteiger partial charge in [0.05, 0.1) is 7.11 Å². The molecule has 1 N–H and O–H groups in total. The highest BCUT2D eigenvalue weighted by molar-refractivity contribution is 5.66. The molecule has 4 heteroatoms. The van der Waals surface area contributed by atoms with Crippen LogP contribution in [0.25, 0.3) is 0 Å². The minimum Gasteiger partial charge on any atom is -0.497 e. The van der Waals surface area contributed by atoms with Gasteiger partial charge < -0.3 is 14.7 Å². The quantitative estimate of drug-likeness (QED) is 0.868. The Morgan fingerprint density at radius 3 is 3.10 bits per heavy atom. The molecule has 1 aliphatic rings. The van der Waals surface area contributed by atoms with Crippen LogP contribution < -0.4 is 4.74 Å². The maximum atomic E-state index is 10.6. The molecule has 20 heavy (non-hydrogen) atoms. The van der Waals surface area contributed by atoms with E-state index in [0.717, 1.165) is 31.8 Å². The fourth-order valence-electron chi connectivity index (χ4n) is 2.88. The minimum absolute atomic E-state index is 0.264. The zero-order chi connectivity index (χ0) is 14.4. The third-order valence-corrected chi connectivity index (χ3v) is 3.94. The number of methoxy groups -OCH3 is 1. The van der Waals surface area contributed by atoms with Gasteiger partial charge in [-0.2, -0.15) is 0 Å². The van der Waals surface area contributed by atoms with Crippen molar-refractivity contribution in [2.45, 2.75) is 31.6 Å². The topological polar surface area (TPSA) is 49.8 Å². The first-order chi connectivity index (χ1) is 9.69. The standard InChI is InChI=1S/C16H23NO3/c1-20-15-7-2-5-13(11-15)14-6-3-9-17(12-14)10-4-8-16(18)19/h2,5,7,11,14H,3-4,6,8-10,12H2,1H3,(H,18,19). The second-order valence-corrected chi connectivity index (χ2v) is 5.41. The van der Waals surface area contributed by atoms with E-state index in [-0.39, 0.29) is 6.42 Å². The van der Waals surface area contributed by atoms with E-state index in [9.17, 15) is 4.79 Å². The lowest BCUT2D eigenvalue weighted by molar-refractivity contribution is -0.137. The van der Waals surface area contributed by atoms with Gasteiger partial charge in [0.1, 0.15) is 5.75 Å². The van der Waals surface area contributed by atoms with Crippen molar-refractivity contribution < 1.29 is 14.6 Å². The summed E-state index contributed by atoms with van der Waals surface area (Å²) in [6, 6.07) is 8.29.